The number of anilines is 1. The third-order valence-corrected chi connectivity index (χ3v) is 8.13. The van der Waals surface area contributed by atoms with Crippen LogP contribution in [0.3, 0.4) is 0 Å². The van der Waals surface area contributed by atoms with Crippen molar-refractivity contribution in [2.24, 2.45) is 0 Å². The SMILES string of the molecule is COc1ccc(CC(=O)N2CCN(c3ccc(S(=O)(=O)N4CCOCC4)cc3[N+](=O)[O-])CC2)cc1. The average Bonchev–Trinajstić information content (AvgIpc) is 2.89. The molecule has 4 rings (SSSR count). The Kier molecular flexibility index (Phi) is 7.53. The molecule has 2 aromatic rings. The molecule has 0 unspecified atom stereocenters. The predicted octanol–water partition coefficient (Wildman–Crippen LogP) is 1.52. The topological polar surface area (TPSA) is 123 Å². The smallest absolute Gasteiger partial charge is 0.293 e. The molecule has 0 spiro atoms. The van der Waals surface area contributed by atoms with Crippen molar-refractivity contribution in [3.63, 3.8) is 0 Å². The molecule has 1 amide bonds. The minimum Gasteiger partial charge on any atom is -0.497 e. The van der Waals surface area contributed by atoms with Gasteiger partial charge in [0.15, 0.2) is 0 Å². The Morgan fingerprint density at radius 2 is 1.69 bits per heavy atom. The number of sulfonamides is 1. The average molecular weight is 505 g/mol. The van der Waals surface area contributed by atoms with Gasteiger partial charge in [0.1, 0.15) is 11.4 Å². The lowest BCUT2D eigenvalue weighted by molar-refractivity contribution is -0.384. The van der Waals surface area contributed by atoms with Crippen molar-refractivity contribution in [1.29, 1.82) is 0 Å². The second kappa shape index (κ2) is 10.6. The number of carbonyl (C=O) groups is 1. The number of piperazine rings is 1. The van der Waals surface area contributed by atoms with Gasteiger partial charge in [0.2, 0.25) is 15.9 Å². The van der Waals surface area contributed by atoms with Crippen molar-refractivity contribution in [3.8, 4) is 5.75 Å². The number of hydrogen-bond acceptors (Lipinski definition) is 8. The highest BCUT2D eigenvalue weighted by atomic mass is 32.2. The number of nitrogens with zero attached hydrogens (tertiary/aromatic N) is 4. The van der Waals surface area contributed by atoms with Gasteiger partial charge in [-0.25, -0.2) is 8.42 Å². The molecule has 11 nitrogen and oxygen atoms in total. The summed E-state index contributed by atoms with van der Waals surface area (Å²) in [6.07, 6.45) is 0.262. The molecule has 188 valence electrons. The number of morpholine rings is 1. The number of nitro groups is 1. The van der Waals surface area contributed by atoms with Gasteiger partial charge in [0.25, 0.3) is 5.69 Å². The van der Waals surface area contributed by atoms with Crippen molar-refractivity contribution in [3.05, 3.63) is 58.1 Å². The quantitative estimate of drug-likeness (QED) is 0.411. The molecular weight excluding hydrogens is 476 g/mol. The van der Waals surface area contributed by atoms with Gasteiger partial charge in [0, 0.05) is 45.3 Å². The highest BCUT2D eigenvalue weighted by Gasteiger charge is 2.31. The number of benzene rings is 2. The maximum absolute atomic E-state index is 12.9. The summed E-state index contributed by atoms with van der Waals surface area (Å²) in [5.74, 6) is 0.705. The Balaban J connectivity index is 1.44. The van der Waals surface area contributed by atoms with Crippen molar-refractivity contribution >= 4 is 27.3 Å². The van der Waals surface area contributed by atoms with E-state index in [2.05, 4.69) is 0 Å². The summed E-state index contributed by atoms with van der Waals surface area (Å²) in [7, 11) is -2.27. The molecule has 2 heterocycles. The van der Waals surface area contributed by atoms with Gasteiger partial charge in [-0.15, -0.1) is 0 Å². The Hall–Kier alpha value is -3.22. The van der Waals surface area contributed by atoms with E-state index in [0.717, 1.165) is 17.4 Å². The first-order valence-electron chi connectivity index (χ1n) is 11.3. The Bertz CT molecular complexity index is 1170. The molecule has 0 radical (unpaired) electrons. The molecule has 12 heteroatoms. The maximum Gasteiger partial charge on any atom is 0.293 e. The van der Waals surface area contributed by atoms with E-state index < -0.39 is 14.9 Å². The Labute approximate surface area is 204 Å². The number of carbonyl (C=O) groups excluding carboxylic acids is 1. The van der Waals surface area contributed by atoms with Crippen LogP contribution in [0, 0.1) is 10.1 Å². The zero-order chi connectivity index (χ0) is 25.0. The van der Waals surface area contributed by atoms with E-state index in [1.165, 1.54) is 16.4 Å². The zero-order valence-electron chi connectivity index (χ0n) is 19.5. The third-order valence-electron chi connectivity index (χ3n) is 6.24. The molecule has 2 aromatic carbocycles. The van der Waals surface area contributed by atoms with Gasteiger partial charge in [-0.05, 0) is 29.8 Å². The minimum atomic E-state index is -3.85. The first-order valence-corrected chi connectivity index (χ1v) is 12.8. The van der Waals surface area contributed by atoms with Gasteiger partial charge in [-0.3, -0.25) is 14.9 Å². The molecule has 2 aliphatic rings. The van der Waals surface area contributed by atoms with E-state index in [1.54, 1.807) is 12.0 Å². The largest absolute Gasteiger partial charge is 0.497 e. The molecule has 2 aliphatic heterocycles. The lowest BCUT2D eigenvalue weighted by atomic mass is 10.1. The molecule has 0 saturated carbocycles. The fourth-order valence-corrected chi connectivity index (χ4v) is 5.67. The van der Waals surface area contributed by atoms with Gasteiger partial charge in [-0.1, -0.05) is 12.1 Å². The standard InChI is InChI=1S/C23H28N4O7S/c1-33-19-4-2-18(3-5-19)16-23(28)25-10-8-24(9-11-25)21-7-6-20(17-22(21)27(29)30)35(31,32)26-12-14-34-15-13-26/h2-7,17H,8-16H2,1H3. The number of hydrogen-bond donors (Lipinski definition) is 0. The van der Waals surface area contributed by atoms with Crippen LogP contribution in [0.15, 0.2) is 47.4 Å². The number of nitro benzene ring substituents is 1. The summed E-state index contributed by atoms with van der Waals surface area (Å²) < 4.78 is 37.5. The lowest BCUT2D eigenvalue weighted by Gasteiger charge is -2.36. The fraction of sp³-hybridized carbons (Fsp3) is 0.435. The van der Waals surface area contributed by atoms with Crippen LogP contribution in [0.25, 0.3) is 0 Å². The first-order chi connectivity index (χ1) is 16.8. The fourth-order valence-electron chi connectivity index (χ4n) is 4.24. The van der Waals surface area contributed by atoms with Crippen molar-refractivity contribution < 1.29 is 27.6 Å². The van der Waals surface area contributed by atoms with E-state index in [1.807, 2.05) is 29.2 Å². The number of amides is 1. The maximum atomic E-state index is 12.9. The van der Waals surface area contributed by atoms with Crippen LogP contribution >= 0.6 is 0 Å². The van der Waals surface area contributed by atoms with Crippen LogP contribution < -0.4 is 9.64 Å². The summed E-state index contributed by atoms with van der Waals surface area (Å²) >= 11 is 0. The van der Waals surface area contributed by atoms with Crippen LogP contribution in [0.4, 0.5) is 11.4 Å². The summed E-state index contributed by atoms with van der Waals surface area (Å²) in [6, 6.07) is 11.3. The monoisotopic (exact) mass is 504 g/mol. The van der Waals surface area contributed by atoms with Crippen molar-refractivity contribution in [1.82, 2.24) is 9.21 Å². The minimum absolute atomic E-state index is 0.0173. The second-order valence-electron chi connectivity index (χ2n) is 8.32. The van der Waals surface area contributed by atoms with Crippen molar-refractivity contribution in [2.45, 2.75) is 11.3 Å². The van der Waals surface area contributed by atoms with Crippen LogP contribution in [0.5, 0.6) is 5.75 Å². The molecule has 0 bridgehead atoms. The van der Waals surface area contributed by atoms with E-state index >= 15 is 0 Å². The zero-order valence-corrected chi connectivity index (χ0v) is 20.3. The van der Waals surface area contributed by atoms with Crippen LogP contribution in [-0.2, 0) is 26.0 Å². The molecular formula is C23H28N4O7S. The number of methoxy groups -OCH3 is 1. The first kappa shape index (κ1) is 24.9. The Morgan fingerprint density at radius 3 is 2.29 bits per heavy atom. The highest BCUT2D eigenvalue weighted by molar-refractivity contribution is 7.89. The Morgan fingerprint density at radius 1 is 1.03 bits per heavy atom. The molecule has 2 saturated heterocycles. The molecule has 2 fully saturated rings. The highest BCUT2D eigenvalue weighted by Crippen LogP contribution is 2.32. The van der Waals surface area contributed by atoms with E-state index in [0.29, 0.717) is 45.1 Å². The van der Waals surface area contributed by atoms with Gasteiger partial charge in [0.05, 0.1) is 36.6 Å². The molecule has 0 aliphatic carbocycles. The summed E-state index contributed by atoms with van der Waals surface area (Å²) in [6.45, 7) is 2.66. The van der Waals surface area contributed by atoms with E-state index in [9.17, 15) is 23.3 Å². The number of ether oxygens (including phenoxy) is 2. The normalized spacial score (nSPS) is 17.3. The predicted molar refractivity (Wildman–Crippen MR) is 128 cm³/mol. The van der Waals surface area contributed by atoms with E-state index in [4.69, 9.17) is 9.47 Å². The molecule has 0 aromatic heterocycles. The van der Waals surface area contributed by atoms with Crippen LogP contribution in [0.1, 0.15) is 5.56 Å². The molecule has 0 atom stereocenters. The van der Waals surface area contributed by atoms with Gasteiger partial charge in [-0.2, -0.15) is 4.31 Å². The van der Waals surface area contributed by atoms with Crippen LogP contribution in [-0.4, -0.2) is 88.0 Å². The molecule has 0 N–H and O–H groups in total. The van der Waals surface area contributed by atoms with Gasteiger partial charge >= 0.3 is 0 Å². The summed E-state index contributed by atoms with van der Waals surface area (Å²) in [4.78, 5) is 27.4. The molecule has 35 heavy (non-hydrogen) atoms. The summed E-state index contributed by atoms with van der Waals surface area (Å²) in [5.41, 5.74) is 0.960. The van der Waals surface area contributed by atoms with Gasteiger partial charge < -0.3 is 19.3 Å². The second-order valence-corrected chi connectivity index (χ2v) is 10.3. The van der Waals surface area contributed by atoms with Crippen LogP contribution in [0.2, 0.25) is 0 Å². The lowest BCUT2D eigenvalue weighted by Crippen LogP contribution is -2.49. The van der Waals surface area contributed by atoms with Crippen molar-refractivity contribution in [2.75, 3.05) is 64.5 Å². The van der Waals surface area contributed by atoms with E-state index in [-0.39, 0.29) is 36.0 Å². The third kappa shape index (κ3) is 5.55. The summed E-state index contributed by atoms with van der Waals surface area (Å²) in [5, 5.41) is 11.8. The number of rotatable bonds is 7.